The third-order valence-corrected chi connectivity index (χ3v) is 6.41. The highest BCUT2D eigenvalue weighted by Crippen LogP contribution is 2.39. The number of anilines is 1. The van der Waals surface area contributed by atoms with Gasteiger partial charge in [-0.1, -0.05) is 29.8 Å². The molecule has 0 atom stereocenters. The Labute approximate surface area is 218 Å². The SMILES string of the molecule is CC(=O)OCCOc1ccc(C(=O)N2CC(=O)N(Cc3nnc(C4CC4)o3)Cc3ccccc32)c(Cl)c1. The number of aromatic nitrogens is 2. The average molecular weight is 525 g/mol. The zero-order valence-corrected chi connectivity index (χ0v) is 20.9. The van der Waals surface area contributed by atoms with Crippen molar-refractivity contribution in [2.24, 2.45) is 0 Å². The molecule has 0 bridgehead atoms. The fourth-order valence-electron chi connectivity index (χ4n) is 4.09. The number of ether oxygens (including phenoxy) is 2. The average Bonchev–Trinajstić information content (AvgIpc) is 3.64. The Morgan fingerprint density at radius 1 is 1.11 bits per heavy atom. The first-order valence-electron chi connectivity index (χ1n) is 11.9. The van der Waals surface area contributed by atoms with Crippen molar-refractivity contribution in [1.82, 2.24) is 15.1 Å². The van der Waals surface area contributed by atoms with Crippen molar-refractivity contribution in [3.05, 3.63) is 70.4 Å². The first-order chi connectivity index (χ1) is 17.9. The fourth-order valence-corrected chi connectivity index (χ4v) is 4.34. The molecular formula is C26H25ClN4O6. The smallest absolute Gasteiger partial charge is 0.302 e. The predicted octanol–water partition coefficient (Wildman–Crippen LogP) is 3.73. The summed E-state index contributed by atoms with van der Waals surface area (Å²) in [4.78, 5) is 40.8. The van der Waals surface area contributed by atoms with E-state index in [0.29, 0.717) is 35.7 Å². The number of rotatable bonds is 8. The van der Waals surface area contributed by atoms with Gasteiger partial charge in [-0.3, -0.25) is 19.3 Å². The van der Waals surface area contributed by atoms with Gasteiger partial charge >= 0.3 is 5.97 Å². The number of carbonyl (C=O) groups is 3. The molecule has 0 radical (unpaired) electrons. The number of hydrogen-bond acceptors (Lipinski definition) is 8. The summed E-state index contributed by atoms with van der Waals surface area (Å²) in [5, 5.41) is 8.39. The molecule has 37 heavy (non-hydrogen) atoms. The number of amides is 2. The second kappa shape index (κ2) is 10.6. The lowest BCUT2D eigenvalue weighted by molar-refractivity contribution is -0.141. The highest BCUT2D eigenvalue weighted by Gasteiger charge is 2.33. The van der Waals surface area contributed by atoms with E-state index in [2.05, 4.69) is 10.2 Å². The maximum absolute atomic E-state index is 13.6. The molecule has 5 rings (SSSR count). The minimum Gasteiger partial charge on any atom is -0.490 e. The van der Waals surface area contributed by atoms with E-state index >= 15 is 0 Å². The van der Waals surface area contributed by atoms with Crippen LogP contribution in [0, 0.1) is 0 Å². The Balaban J connectivity index is 1.33. The molecule has 1 aliphatic heterocycles. The summed E-state index contributed by atoms with van der Waals surface area (Å²) in [5.74, 6) is 0.684. The molecular weight excluding hydrogens is 500 g/mol. The Morgan fingerprint density at radius 3 is 2.68 bits per heavy atom. The number of esters is 1. The van der Waals surface area contributed by atoms with E-state index in [1.165, 1.54) is 17.9 Å². The number of fused-ring (bicyclic) bond motifs is 1. The maximum Gasteiger partial charge on any atom is 0.302 e. The first kappa shape index (κ1) is 24.8. The van der Waals surface area contributed by atoms with Crippen molar-refractivity contribution >= 4 is 35.1 Å². The zero-order valence-electron chi connectivity index (χ0n) is 20.2. The number of benzene rings is 2. The summed E-state index contributed by atoms with van der Waals surface area (Å²) in [7, 11) is 0. The second-order valence-corrected chi connectivity index (χ2v) is 9.32. The number of nitrogens with zero attached hydrogens (tertiary/aromatic N) is 4. The van der Waals surface area contributed by atoms with Gasteiger partial charge in [-0.25, -0.2) is 0 Å². The van der Waals surface area contributed by atoms with Gasteiger partial charge in [-0.05, 0) is 42.7 Å². The van der Waals surface area contributed by atoms with Crippen LogP contribution >= 0.6 is 11.6 Å². The largest absolute Gasteiger partial charge is 0.490 e. The molecule has 1 saturated carbocycles. The van der Waals surface area contributed by atoms with Crippen LogP contribution in [0.2, 0.25) is 5.02 Å². The number of carbonyl (C=O) groups excluding carboxylic acids is 3. The van der Waals surface area contributed by atoms with Crippen LogP contribution in [0.3, 0.4) is 0 Å². The molecule has 10 nitrogen and oxygen atoms in total. The highest BCUT2D eigenvalue weighted by atomic mass is 35.5. The van der Waals surface area contributed by atoms with E-state index in [1.54, 1.807) is 17.0 Å². The van der Waals surface area contributed by atoms with E-state index in [0.717, 1.165) is 18.4 Å². The quantitative estimate of drug-likeness (QED) is 0.323. The lowest BCUT2D eigenvalue weighted by Gasteiger charge is -2.23. The van der Waals surface area contributed by atoms with Gasteiger partial charge in [-0.2, -0.15) is 0 Å². The van der Waals surface area contributed by atoms with Crippen LogP contribution in [0.15, 0.2) is 46.9 Å². The molecule has 1 fully saturated rings. The number of para-hydroxylation sites is 1. The van der Waals surface area contributed by atoms with Crippen molar-refractivity contribution in [2.75, 3.05) is 24.7 Å². The number of hydrogen-bond donors (Lipinski definition) is 0. The first-order valence-corrected chi connectivity index (χ1v) is 12.3. The van der Waals surface area contributed by atoms with E-state index in [9.17, 15) is 14.4 Å². The summed E-state index contributed by atoms with van der Waals surface area (Å²) in [5.41, 5.74) is 1.67. The summed E-state index contributed by atoms with van der Waals surface area (Å²) >= 11 is 6.44. The standard InChI is InChI=1S/C26H25ClN4O6/c1-16(32)35-10-11-36-19-8-9-20(21(27)12-19)26(34)31-15-24(33)30(13-18-4-2-3-5-22(18)31)14-23-28-29-25(37-23)17-6-7-17/h2-5,8-9,12,17H,6-7,10-11,13-15H2,1H3. The molecule has 2 aromatic carbocycles. The van der Waals surface area contributed by atoms with Crippen LogP contribution in [0.1, 0.15) is 53.4 Å². The van der Waals surface area contributed by atoms with Crippen LogP contribution in [0.5, 0.6) is 5.75 Å². The molecule has 2 heterocycles. The topological polar surface area (TPSA) is 115 Å². The zero-order chi connectivity index (χ0) is 25.9. The molecule has 2 amide bonds. The lowest BCUT2D eigenvalue weighted by Crippen LogP contribution is -2.40. The third kappa shape index (κ3) is 5.75. The minimum atomic E-state index is -0.409. The van der Waals surface area contributed by atoms with Crippen LogP contribution in [0.25, 0.3) is 0 Å². The summed E-state index contributed by atoms with van der Waals surface area (Å²) < 4.78 is 16.1. The molecule has 192 valence electrons. The van der Waals surface area contributed by atoms with Crippen LogP contribution in [0.4, 0.5) is 5.69 Å². The summed E-state index contributed by atoms with van der Waals surface area (Å²) in [6.45, 7) is 1.85. The predicted molar refractivity (Wildman–Crippen MR) is 132 cm³/mol. The minimum absolute atomic E-state index is 0.0995. The van der Waals surface area contributed by atoms with Gasteiger partial charge in [0.2, 0.25) is 17.7 Å². The van der Waals surface area contributed by atoms with Crippen molar-refractivity contribution in [3.63, 3.8) is 0 Å². The molecule has 0 unspecified atom stereocenters. The van der Waals surface area contributed by atoms with Crippen LogP contribution in [-0.2, 0) is 27.4 Å². The molecule has 1 aromatic heterocycles. The summed E-state index contributed by atoms with van der Waals surface area (Å²) in [6, 6.07) is 12.1. The van der Waals surface area contributed by atoms with Gasteiger partial charge in [0.05, 0.1) is 17.1 Å². The highest BCUT2D eigenvalue weighted by molar-refractivity contribution is 6.34. The summed E-state index contributed by atoms with van der Waals surface area (Å²) in [6.07, 6.45) is 2.08. The van der Waals surface area contributed by atoms with E-state index in [1.807, 2.05) is 24.3 Å². The maximum atomic E-state index is 13.6. The van der Waals surface area contributed by atoms with Crippen molar-refractivity contribution < 1.29 is 28.3 Å². The van der Waals surface area contributed by atoms with Gasteiger partial charge in [0.1, 0.15) is 25.5 Å². The molecule has 0 N–H and O–H groups in total. The third-order valence-electron chi connectivity index (χ3n) is 6.10. The van der Waals surface area contributed by atoms with Crippen molar-refractivity contribution in [1.29, 1.82) is 0 Å². The Kier molecular flexibility index (Phi) is 7.09. The fraction of sp³-hybridized carbons (Fsp3) is 0.346. The van der Waals surface area contributed by atoms with Crippen molar-refractivity contribution in [3.8, 4) is 5.75 Å². The molecule has 0 spiro atoms. The van der Waals surface area contributed by atoms with E-state index < -0.39 is 11.9 Å². The molecule has 1 aliphatic carbocycles. The molecule has 11 heteroatoms. The van der Waals surface area contributed by atoms with Gasteiger partial charge in [0.25, 0.3) is 5.91 Å². The lowest BCUT2D eigenvalue weighted by atomic mass is 10.1. The van der Waals surface area contributed by atoms with E-state index in [4.69, 9.17) is 25.5 Å². The van der Waals surface area contributed by atoms with Crippen LogP contribution in [-0.4, -0.2) is 52.6 Å². The normalized spacial score (nSPS) is 15.2. The molecule has 2 aliphatic rings. The van der Waals surface area contributed by atoms with Gasteiger partial charge in [0.15, 0.2) is 0 Å². The number of halogens is 1. The Hall–Kier alpha value is -3.92. The second-order valence-electron chi connectivity index (χ2n) is 8.91. The molecule has 3 aromatic rings. The molecule has 0 saturated heterocycles. The Morgan fingerprint density at radius 2 is 1.92 bits per heavy atom. The van der Waals surface area contributed by atoms with Gasteiger partial charge < -0.3 is 18.8 Å². The van der Waals surface area contributed by atoms with Crippen molar-refractivity contribution in [2.45, 2.75) is 38.8 Å². The van der Waals surface area contributed by atoms with E-state index in [-0.39, 0.29) is 42.8 Å². The monoisotopic (exact) mass is 524 g/mol. The Bertz CT molecular complexity index is 1340. The van der Waals surface area contributed by atoms with Gasteiger partial charge in [-0.15, -0.1) is 10.2 Å². The van der Waals surface area contributed by atoms with Crippen LogP contribution < -0.4 is 9.64 Å². The van der Waals surface area contributed by atoms with Gasteiger partial charge in [0, 0.05) is 25.1 Å².